The number of halogens is 1. The number of rotatable bonds is 7. The van der Waals surface area contributed by atoms with Gasteiger partial charge in [0.25, 0.3) is 0 Å². The minimum atomic E-state index is -0.296. The molecule has 0 spiro atoms. The lowest BCUT2D eigenvalue weighted by molar-refractivity contribution is 0.269. The summed E-state index contributed by atoms with van der Waals surface area (Å²) in [5, 5.41) is 12.2. The summed E-state index contributed by atoms with van der Waals surface area (Å²) in [6.45, 7) is 6.75. The van der Waals surface area contributed by atoms with E-state index in [0.717, 1.165) is 25.1 Å². The Bertz CT molecular complexity index is 438. The van der Waals surface area contributed by atoms with Crippen LogP contribution in [0.25, 0.3) is 0 Å². The lowest BCUT2D eigenvalue weighted by atomic mass is 10.1. The molecule has 0 unspecified atom stereocenters. The Morgan fingerprint density at radius 2 is 2.16 bits per heavy atom. The first kappa shape index (κ1) is 15.6. The Morgan fingerprint density at radius 3 is 2.79 bits per heavy atom. The largest absolute Gasteiger partial charge is 0.313 e. The van der Waals surface area contributed by atoms with Gasteiger partial charge < -0.3 is 10.2 Å². The van der Waals surface area contributed by atoms with Gasteiger partial charge in [0.2, 0.25) is 0 Å². The lowest BCUT2D eigenvalue weighted by Gasteiger charge is -2.20. The molecule has 0 aromatic heterocycles. The first-order valence-electron chi connectivity index (χ1n) is 6.64. The van der Waals surface area contributed by atoms with Crippen LogP contribution in [0, 0.1) is 17.1 Å². The minimum absolute atomic E-state index is 0.296. The summed E-state index contributed by atoms with van der Waals surface area (Å²) in [6.07, 6.45) is 1.03. The van der Waals surface area contributed by atoms with E-state index in [9.17, 15) is 4.39 Å². The van der Waals surface area contributed by atoms with E-state index in [-0.39, 0.29) is 5.82 Å². The maximum absolute atomic E-state index is 13.1. The number of hydrogen-bond donors (Lipinski definition) is 1. The monoisotopic (exact) mass is 263 g/mol. The van der Waals surface area contributed by atoms with Crippen molar-refractivity contribution in [2.45, 2.75) is 32.9 Å². The van der Waals surface area contributed by atoms with Crippen molar-refractivity contribution >= 4 is 0 Å². The van der Waals surface area contributed by atoms with Gasteiger partial charge in [-0.05, 0) is 64.2 Å². The molecule has 0 radical (unpaired) electrons. The van der Waals surface area contributed by atoms with Crippen molar-refractivity contribution in [3.05, 3.63) is 35.1 Å². The van der Waals surface area contributed by atoms with E-state index in [1.807, 2.05) is 0 Å². The third-order valence-corrected chi connectivity index (χ3v) is 3.25. The molecule has 1 N–H and O–H groups in total. The van der Waals surface area contributed by atoms with Gasteiger partial charge >= 0.3 is 0 Å². The van der Waals surface area contributed by atoms with Gasteiger partial charge in [0, 0.05) is 12.6 Å². The van der Waals surface area contributed by atoms with Crippen LogP contribution in [0.5, 0.6) is 0 Å². The Kier molecular flexibility index (Phi) is 6.48. The Labute approximate surface area is 115 Å². The van der Waals surface area contributed by atoms with Gasteiger partial charge in [0.1, 0.15) is 5.82 Å². The lowest BCUT2D eigenvalue weighted by Crippen LogP contribution is -2.29. The van der Waals surface area contributed by atoms with Crippen LogP contribution < -0.4 is 5.32 Å². The van der Waals surface area contributed by atoms with E-state index in [0.29, 0.717) is 18.2 Å². The standard InChI is InChI=1S/C15H22FN3/c1-12(2)19(3)8-4-7-18-11-14-9-15(16)6-5-13(14)10-17/h5-6,9,12,18H,4,7-8,11H2,1-3H3. The molecule has 4 heteroatoms. The van der Waals surface area contributed by atoms with E-state index < -0.39 is 0 Å². The quantitative estimate of drug-likeness (QED) is 0.768. The summed E-state index contributed by atoms with van der Waals surface area (Å²) in [5.74, 6) is -0.296. The molecule has 0 fully saturated rings. The van der Waals surface area contributed by atoms with E-state index in [1.54, 1.807) is 0 Å². The van der Waals surface area contributed by atoms with Gasteiger partial charge in [-0.1, -0.05) is 0 Å². The number of nitrogens with one attached hydrogen (secondary N) is 1. The highest BCUT2D eigenvalue weighted by molar-refractivity contribution is 5.37. The van der Waals surface area contributed by atoms with E-state index in [4.69, 9.17) is 5.26 Å². The van der Waals surface area contributed by atoms with Crippen molar-refractivity contribution in [3.8, 4) is 6.07 Å². The average Bonchev–Trinajstić information content (AvgIpc) is 2.38. The molecule has 1 rings (SSSR count). The number of nitrogens with zero attached hydrogens (tertiary/aromatic N) is 2. The second kappa shape index (κ2) is 7.88. The molecule has 0 aliphatic rings. The van der Waals surface area contributed by atoms with Crippen LogP contribution in [0.4, 0.5) is 4.39 Å². The average molecular weight is 263 g/mol. The van der Waals surface area contributed by atoms with Crippen LogP contribution in [-0.2, 0) is 6.54 Å². The molecule has 1 aromatic rings. The topological polar surface area (TPSA) is 39.1 Å². The fourth-order valence-corrected chi connectivity index (χ4v) is 1.75. The zero-order valence-corrected chi connectivity index (χ0v) is 11.9. The number of nitriles is 1. The number of benzene rings is 1. The third-order valence-electron chi connectivity index (χ3n) is 3.25. The maximum atomic E-state index is 13.1. The van der Waals surface area contributed by atoms with Crippen LogP contribution in [0.3, 0.4) is 0 Å². The van der Waals surface area contributed by atoms with Crippen molar-refractivity contribution in [1.82, 2.24) is 10.2 Å². The summed E-state index contributed by atoms with van der Waals surface area (Å²) in [5.41, 5.74) is 1.26. The van der Waals surface area contributed by atoms with Gasteiger partial charge in [-0.3, -0.25) is 0 Å². The molecule has 0 aliphatic heterocycles. The van der Waals surface area contributed by atoms with Crippen LogP contribution in [0.15, 0.2) is 18.2 Å². The zero-order valence-electron chi connectivity index (χ0n) is 11.9. The van der Waals surface area contributed by atoms with Gasteiger partial charge in [-0.15, -0.1) is 0 Å². The molecule has 1 aromatic carbocycles. The molecular formula is C15H22FN3. The summed E-state index contributed by atoms with van der Waals surface area (Å²) in [4.78, 5) is 2.28. The predicted molar refractivity (Wildman–Crippen MR) is 75.2 cm³/mol. The Hall–Kier alpha value is -1.44. The molecular weight excluding hydrogens is 241 g/mol. The van der Waals surface area contributed by atoms with E-state index in [2.05, 4.69) is 37.2 Å². The maximum Gasteiger partial charge on any atom is 0.123 e. The predicted octanol–water partition coefficient (Wildman–Crippen LogP) is 2.52. The summed E-state index contributed by atoms with van der Waals surface area (Å²) in [6, 6.07) is 6.90. The molecule has 19 heavy (non-hydrogen) atoms. The second-order valence-corrected chi connectivity index (χ2v) is 5.02. The summed E-state index contributed by atoms with van der Waals surface area (Å²) < 4.78 is 13.1. The van der Waals surface area contributed by atoms with Crippen LogP contribution in [0.2, 0.25) is 0 Å². The zero-order chi connectivity index (χ0) is 14.3. The summed E-state index contributed by atoms with van der Waals surface area (Å²) >= 11 is 0. The fourth-order valence-electron chi connectivity index (χ4n) is 1.75. The molecule has 0 saturated heterocycles. The van der Waals surface area contributed by atoms with Crippen LogP contribution in [-0.4, -0.2) is 31.1 Å². The van der Waals surface area contributed by atoms with Crippen molar-refractivity contribution in [2.24, 2.45) is 0 Å². The smallest absolute Gasteiger partial charge is 0.123 e. The van der Waals surface area contributed by atoms with Crippen molar-refractivity contribution in [3.63, 3.8) is 0 Å². The van der Waals surface area contributed by atoms with E-state index >= 15 is 0 Å². The third kappa shape index (κ3) is 5.37. The molecule has 0 aliphatic carbocycles. The number of hydrogen-bond acceptors (Lipinski definition) is 3. The Balaban J connectivity index is 2.34. The van der Waals surface area contributed by atoms with Gasteiger partial charge in [-0.25, -0.2) is 4.39 Å². The second-order valence-electron chi connectivity index (χ2n) is 5.02. The first-order chi connectivity index (χ1) is 9.04. The highest BCUT2D eigenvalue weighted by Crippen LogP contribution is 2.10. The van der Waals surface area contributed by atoms with Crippen molar-refractivity contribution < 1.29 is 4.39 Å². The SMILES string of the molecule is CC(C)N(C)CCCNCc1cc(F)ccc1C#N. The van der Waals surface area contributed by atoms with Gasteiger partial charge in [0.15, 0.2) is 0 Å². The molecule has 104 valence electrons. The fraction of sp³-hybridized carbons (Fsp3) is 0.533. The molecule has 0 saturated carbocycles. The molecule has 0 atom stereocenters. The van der Waals surface area contributed by atoms with Gasteiger partial charge in [0.05, 0.1) is 11.6 Å². The van der Waals surface area contributed by atoms with E-state index in [1.165, 1.54) is 18.2 Å². The molecule has 3 nitrogen and oxygen atoms in total. The molecule has 0 heterocycles. The molecule has 0 bridgehead atoms. The minimum Gasteiger partial charge on any atom is -0.313 e. The Morgan fingerprint density at radius 1 is 1.42 bits per heavy atom. The summed E-state index contributed by atoms with van der Waals surface area (Å²) in [7, 11) is 2.10. The van der Waals surface area contributed by atoms with Crippen molar-refractivity contribution in [1.29, 1.82) is 5.26 Å². The highest BCUT2D eigenvalue weighted by atomic mass is 19.1. The van der Waals surface area contributed by atoms with Crippen LogP contribution in [0.1, 0.15) is 31.4 Å². The van der Waals surface area contributed by atoms with Gasteiger partial charge in [-0.2, -0.15) is 5.26 Å². The first-order valence-corrected chi connectivity index (χ1v) is 6.64. The van der Waals surface area contributed by atoms with Crippen LogP contribution >= 0.6 is 0 Å². The van der Waals surface area contributed by atoms with Crippen molar-refractivity contribution in [2.75, 3.05) is 20.1 Å². The highest BCUT2D eigenvalue weighted by Gasteiger charge is 2.04. The normalized spacial score (nSPS) is 11.0. The molecule has 0 amide bonds.